The second-order valence-electron chi connectivity index (χ2n) is 4.47. The summed E-state index contributed by atoms with van der Waals surface area (Å²) >= 11 is 3.45. The average Bonchev–Trinajstić information content (AvgIpc) is 2.48. The summed E-state index contributed by atoms with van der Waals surface area (Å²) in [6.45, 7) is 2.21. The molecule has 2 aromatic rings. The molecule has 0 unspecified atom stereocenters. The first-order valence-corrected chi connectivity index (χ1v) is 7.40. The van der Waals surface area contributed by atoms with Crippen LogP contribution in [-0.4, -0.2) is 20.3 Å². The summed E-state index contributed by atoms with van der Waals surface area (Å²) in [6.07, 6.45) is 0. The van der Waals surface area contributed by atoms with E-state index in [4.69, 9.17) is 9.47 Å². The van der Waals surface area contributed by atoms with Crippen LogP contribution in [0.3, 0.4) is 0 Å². The number of benzene rings is 2. The van der Waals surface area contributed by atoms with Crippen molar-refractivity contribution in [3.05, 3.63) is 58.3 Å². The highest BCUT2D eigenvalue weighted by Gasteiger charge is 2.07. The minimum absolute atomic E-state index is 0.212. The van der Waals surface area contributed by atoms with E-state index in [1.54, 1.807) is 25.3 Å². The van der Waals surface area contributed by atoms with Gasteiger partial charge >= 0.3 is 0 Å². The van der Waals surface area contributed by atoms with Crippen molar-refractivity contribution in [1.29, 1.82) is 0 Å². The van der Waals surface area contributed by atoms with E-state index in [9.17, 15) is 4.39 Å². The highest BCUT2D eigenvalue weighted by atomic mass is 79.9. The molecule has 1 N–H and O–H groups in total. The van der Waals surface area contributed by atoms with Gasteiger partial charge in [0.05, 0.1) is 11.1 Å². The molecule has 0 aromatic heterocycles. The van der Waals surface area contributed by atoms with Gasteiger partial charge in [-0.3, -0.25) is 0 Å². The molecule has 0 saturated heterocycles. The van der Waals surface area contributed by atoms with E-state index in [0.717, 1.165) is 23.1 Å². The molecular formula is C16H17BrFNO2. The Morgan fingerprint density at radius 2 is 1.95 bits per heavy atom. The maximum absolute atomic E-state index is 13.6. The van der Waals surface area contributed by atoms with E-state index >= 15 is 0 Å². The molecule has 2 aromatic carbocycles. The average molecular weight is 354 g/mol. The molecule has 112 valence electrons. The number of halogens is 2. The van der Waals surface area contributed by atoms with Gasteiger partial charge in [-0.25, -0.2) is 4.39 Å². The summed E-state index contributed by atoms with van der Waals surface area (Å²) < 4.78 is 24.9. The van der Waals surface area contributed by atoms with Gasteiger partial charge < -0.3 is 14.8 Å². The fourth-order valence-electron chi connectivity index (χ4n) is 1.79. The molecule has 21 heavy (non-hydrogen) atoms. The molecule has 0 aliphatic rings. The lowest BCUT2D eigenvalue weighted by Gasteiger charge is -2.10. The van der Waals surface area contributed by atoms with Gasteiger partial charge in [0.1, 0.15) is 5.75 Å². The monoisotopic (exact) mass is 353 g/mol. The Hall–Kier alpha value is -1.43. The third kappa shape index (κ3) is 4.81. The fraction of sp³-hybridized carbons (Fsp3) is 0.250. The van der Waals surface area contributed by atoms with Gasteiger partial charge in [0.15, 0.2) is 11.6 Å². The van der Waals surface area contributed by atoms with Gasteiger partial charge in [0.2, 0.25) is 0 Å². The molecule has 0 atom stereocenters. The zero-order chi connectivity index (χ0) is 15.1. The van der Waals surface area contributed by atoms with E-state index in [1.165, 1.54) is 6.07 Å². The first-order chi connectivity index (χ1) is 10.2. The third-order valence-corrected chi connectivity index (χ3v) is 3.48. The maximum Gasteiger partial charge on any atom is 0.165 e. The Morgan fingerprint density at radius 3 is 2.67 bits per heavy atom. The highest BCUT2D eigenvalue weighted by molar-refractivity contribution is 9.10. The normalized spacial score (nSPS) is 10.6. The van der Waals surface area contributed by atoms with Crippen molar-refractivity contribution in [2.24, 2.45) is 0 Å². The van der Waals surface area contributed by atoms with Crippen LogP contribution in [0.1, 0.15) is 5.56 Å². The quantitative estimate of drug-likeness (QED) is 0.759. The van der Waals surface area contributed by atoms with Crippen molar-refractivity contribution in [1.82, 2.24) is 5.32 Å². The van der Waals surface area contributed by atoms with Crippen LogP contribution in [-0.2, 0) is 11.3 Å². The van der Waals surface area contributed by atoms with Crippen LogP contribution in [0, 0.1) is 5.82 Å². The molecule has 3 nitrogen and oxygen atoms in total. The van der Waals surface area contributed by atoms with Gasteiger partial charge in [0, 0.05) is 20.2 Å². The lowest BCUT2D eigenvalue weighted by molar-refractivity contribution is 0.199. The van der Waals surface area contributed by atoms with E-state index < -0.39 is 0 Å². The van der Waals surface area contributed by atoms with E-state index in [0.29, 0.717) is 12.4 Å². The van der Waals surface area contributed by atoms with E-state index in [1.807, 2.05) is 18.2 Å². The predicted octanol–water partition coefficient (Wildman–Crippen LogP) is 4.12. The van der Waals surface area contributed by atoms with Crippen molar-refractivity contribution in [2.75, 3.05) is 20.3 Å². The molecule has 0 heterocycles. The lowest BCUT2D eigenvalue weighted by Crippen LogP contribution is -2.18. The summed E-state index contributed by atoms with van der Waals surface area (Å²) in [7, 11) is 1.67. The Bertz CT molecular complexity index is 592. The van der Waals surface area contributed by atoms with Crippen molar-refractivity contribution >= 4 is 15.9 Å². The van der Waals surface area contributed by atoms with Crippen molar-refractivity contribution in [3.8, 4) is 11.5 Å². The number of hydrogen-bond donors (Lipinski definition) is 1. The van der Waals surface area contributed by atoms with Gasteiger partial charge in [-0.05, 0) is 45.8 Å². The minimum atomic E-state index is -0.380. The first-order valence-electron chi connectivity index (χ1n) is 6.61. The standard InChI is InChI=1S/C16H17BrFNO2/c1-20-9-8-19-11-12-6-7-15(13(17)10-12)21-16-5-3-2-4-14(16)18/h2-7,10,19H,8-9,11H2,1H3. The van der Waals surface area contributed by atoms with Crippen molar-refractivity contribution in [3.63, 3.8) is 0 Å². The number of rotatable bonds is 7. The van der Waals surface area contributed by atoms with Gasteiger partial charge in [-0.15, -0.1) is 0 Å². The summed E-state index contributed by atoms with van der Waals surface area (Å²) in [4.78, 5) is 0. The molecule has 2 rings (SSSR count). The number of hydrogen-bond acceptors (Lipinski definition) is 3. The van der Waals surface area contributed by atoms with Crippen LogP contribution in [0.5, 0.6) is 11.5 Å². The Labute approximate surface area is 132 Å². The molecule has 0 aliphatic heterocycles. The lowest BCUT2D eigenvalue weighted by atomic mass is 10.2. The number of para-hydroxylation sites is 1. The molecular weight excluding hydrogens is 337 g/mol. The second-order valence-corrected chi connectivity index (χ2v) is 5.32. The van der Waals surface area contributed by atoms with Crippen molar-refractivity contribution < 1.29 is 13.9 Å². The highest BCUT2D eigenvalue weighted by Crippen LogP contribution is 2.31. The molecule has 5 heteroatoms. The summed E-state index contributed by atoms with van der Waals surface area (Å²) in [5.74, 6) is 0.416. The fourth-order valence-corrected chi connectivity index (χ4v) is 2.30. The summed E-state index contributed by atoms with van der Waals surface area (Å²) in [5, 5.41) is 3.26. The van der Waals surface area contributed by atoms with Crippen molar-refractivity contribution in [2.45, 2.75) is 6.54 Å². The predicted molar refractivity (Wildman–Crippen MR) is 84.2 cm³/mol. The number of ether oxygens (including phenoxy) is 2. The number of methoxy groups -OCH3 is 1. The first kappa shape index (κ1) is 15.9. The number of nitrogens with one attached hydrogen (secondary N) is 1. The smallest absolute Gasteiger partial charge is 0.165 e. The third-order valence-electron chi connectivity index (χ3n) is 2.86. The summed E-state index contributed by atoms with van der Waals surface area (Å²) in [5.41, 5.74) is 1.11. The zero-order valence-corrected chi connectivity index (χ0v) is 13.3. The second kappa shape index (κ2) is 8.12. The molecule has 0 fully saturated rings. The largest absolute Gasteiger partial charge is 0.453 e. The molecule has 0 spiro atoms. The van der Waals surface area contributed by atoms with Crippen LogP contribution >= 0.6 is 15.9 Å². The molecule has 0 aliphatic carbocycles. The molecule has 0 bridgehead atoms. The molecule has 0 radical (unpaired) electrons. The van der Waals surface area contributed by atoms with Gasteiger partial charge in [0.25, 0.3) is 0 Å². The SMILES string of the molecule is COCCNCc1ccc(Oc2ccccc2F)c(Br)c1. The maximum atomic E-state index is 13.6. The van der Waals surface area contributed by atoms with Crippen LogP contribution in [0.25, 0.3) is 0 Å². The van der Waals surface area contributed by atoms with Crippen LogP contribution in [0.2, 0.25) is 0 Å². The van der Waals surface area contributed by atoms with E-state index in [-0.39, 0.29) is 11.6 Å². The molecule has 0 amide bonds. The zero-order valence-electron chi connectivity index (χ0n) is 11.7. The van der Waals surface area contributed by atoms with E-state index in [2.05, 4.69) is 21.2 Å². The summed E-state index contributed by atoms with van der Waals surface area (Å²) in [6, 6.07) is 12.1. The van der Waals surface area contributed by atoms with Gasteiger partial charge in [-0.1, -0.05) is 18.2 Å². The topological polar surface area (TPSA) is 30.5 Å². The van der Waals surface area contributed by atoms with Gasteiger partial charge in [-0.2, -0.15) is 0 Å². The van der Waals surface area contributed by atoms with Crippen LogP contribution in [0.15, 0.2) is 46.9 Å². The Kier molecular flexibility index (Phi) is 6.17. The Balaban J connectivity index is 2.01. The minimum Gasteiger partial charge on any atom is -0.453 e. The van der Waals surface area contributed by atoms with Crippen LogP contribution < -0.4 is 10.1 Å². The Morgan fingerprint density at radius 1 is 1.14 bits per heavy atom. The van der Waals surface area contributed by atoms with Crippen LogP contribution in [0.4, 0.5) is 4.39 Å². The molecule has 0 saturated carbocycles.